The minimum atomic E-state index is -0.922. The van der Waals surface area contributed by atoms with Gasteiger partial charge in [0.2, 0.25) is 0 Å². The van der Waals surface area contributed by atoms with E-state index in [0.29, 0.717) is 23.7 Å². The molecule has 1 amide bonds. The van der Waals surface area contributed by atoms with Crippen molar-refractivity contribution in [2.45, 2.75) is 25.0 Å². The number of rotatable bonds is 6. The summed E-state index contributed by atoms with van der Waals surface area (Å²) >= 11 is 0. The van der Waals surface area contributed by atoms with Crippen LogP contribution in [-0.4, -0.2) is 55.2 Å². The van der Waals surface area contributed by atoms with Gasteiger partial charge in [0, 0.05) is 24.3 Å². The van der Waals surface area contributed by atoms with Crippen LogP contribution in [0.1, 0.15) is 30.0 Å². The third-order valence-corrected chi connectivity index (χ3v) is 5.81. The van der Waals surface area contributed by atoms with E-state index in [1.807, 2.05) is 0 Å². The molecular formula is C24H24FNO6. The highest BCUT2D eigenvalue weighted by Gasteiger charge is 2.48. The number of benzene rings is 2. The van der Waals surface area contributed by atoms with Gasteiger partial charge in [0.15, 0.2) is 0 Å². The molecule has 2 aromatic rings. The van der Waals surface area contributed by atoms with Crippen molar-refractivity contribution in [3.8, 4) is 11.5 Å². The van der Waals surface area contributed by atoms with Crippen molar-refractivity contribution in [3.63, 3.8) is 0 Å². The molecule has 0 spiro atoms. The Hall–Kier alpha value is -3.39. The zero-order valence-electron chi connectivity index (χ0n) is 17.8. The number of hydrogen-bond donors (Lipinski definition) is 1. The summed E-state index contributed by atoms with van der Waals surface area (Å²) < 4.78 is 30.0. The zero-order chi connectivity index (χ0) is 22.8. The van der Waals surface area contributed by atoms with Gasteiger partial charge in [-0.05, 0) is 55.3 Å². The summed E-state index contributed by atoms with van der Waals surface area (Å²) in [5, 5.41) is 11.1. The molecule has 8 heteroatoms. The van der Waals surface area contributed by atoms with Crippen molar-refractivity contribution in [2.24, 2.45) is 0 Å². The van der Waals surface area contributed by atoms with Crippen LogP contribution in [0, 0.1) is 5.82 Å². The summed E-state index contributed by atoms with van der Waals surface area (Å²) in [5.74, 6) is -1.48. The number of likely N-dealkylation sites (tertiary alicyclic amines) is 1. The fourth-order valence-electron chi connectivity index (χ4n) is 4.22. The Morgan fingerprint density at radius 3 is 2.53 bits per heavy atom. The van der Waals surface area contributed by atoms with Gasteiger partial charge in [-0.15, -0.1) is 0 Å². The average molecular weight is 441 g/mol. The SMILES string of the molecule is COc1ccc(OC)c([C@H]2C(=C(O)c3ccc(F)cc3)C(=O)C(=O)N2C[C@H]2CCCO2)c1. The number of aliphatic hydroxyl groups excluding tert-OH is 1. The van der Waals surface area contributed by atoms with Crippen LogP contribution < -0.4 is 9.47 Å². The summed E-state index contributed by atoms with van der Waals surface area (Å²) in [6, 6.07) is 9.21. The molecule has 2 aromatic carbocycles. The summed E-state index contributed by atoms with van der Waals surface area (Å²) in [4.78, 5) is 27.6. The molecule has 32 heavy (non-hydrogen) atoms. The molecule has 2 atom stereocenters. The number of Topliss-reactive ketones (excluding diaryl/α,β-unsaturated/α-hetero) is 1. The minimum Gasteiger partial charge on any atom is -0.507 e. The summed E-state index contributed by atoms with van der Waals surface area (Å²) in [6.45, 7) is 0.785. The Balaban J connectivity index is 1.89. The van der Waals surface area contributed by atoms with Crippen LogP contribution in [0.3, 0.4) is 0 Å². The minimum absolute atomic E-state index is 0.0915. The van der Waals surface area contributed by atoms with Crippen LogP contribution in [0.5, 0.6) is 11.5 Å². The van der Waals surface area contributed by atoms with Gasteiger partial charge in [-0.1, -0.05) is 0 Å². The standard InChI is InChI=1S/C24H24FNO6/c1-30-16-9-10-19(31-2)18(12-16)21-20(22(27)14-5-7-15(25)8-6-14)23(28)24(29)26(21)13-17-4-3-11-32-17/h5-10,12,17,21,27H,3-4,11,13H2,1-2H3/t17-,21+/m1/s1. The van der Waals surface area contributed by atoms with Gasteiger partial charge < -0.3 is 24.2 Å². The molecule has 2 heterocycles. The molecule has 4 rings (SSSR count). The lowest BCUT2D eigenvalue weighted by molar-refractivity contribution is -0.140. The van der Waals surface area contributed by atoms with Crippen LogP contribution in [0.2, 0.25) is 0 Å². The maximum atomic E-state index is 13.4. The van der Waals surface area contributed by atoms with Gasteiger partial charge in [-0.3, -0.25) is 9.59 Å². The highest BCUT2D eigenvalue weighted by molar-refractivity contribution is 6.46. The molecule has 0 radical (unpaired) electrons. The third kappa shape index (κ3) is 3.93. The van der Waals surface area contributed by atoms with Crippen LogP contribution >= 0.6 is 0 Å². The zero-order valence-corrected chi connectivity index (χ0v) is 17.8. The quantitative estimate of drug-likeness (QED) is 0.420. The van der Waals surface area contributed by atoms with Gasteiger partial charge >= 0.3 is 0 Å². The van der Waals surface area contributed by atoms with E-state index in [0.717, 1.165) is 12.8 Å². The molecule has 0 bridgehead atoms. The average Bonchev–Trinajstić information content (AvgIpc) is 3.41. The highest BCUT2D eigenvalue weighted by Crippen LogP contribution is 2.44. The van der Waals surface area contributed by atoms with E-state index in [1.54, 1.807) is 18.2 Å². The summed E-state index contributed by atoms with van der Waals surface area (Å²) in [5.41, 5.74) is 0.632. The molecule has 7 nitrogen and oxygen atoms in total. The van der Waals surface area contributed by atoms with Crippen molar-refractivity contribution in [2.75, 3.05) is 27.4 Å². The molecule has 0 aromatic heterocycles. The highest BCUT2D eigenvalue weighted by atomic mass is 19.1. The third-order valence-electron chi connectivity index (χ3n) is 5.81. The second-order valence-corrected chi connectivity index (χ2v) is 7.70. The predicted molar refractivity (Wildman–Crippen MR) is 114 cm³/mol. The first-order valence-corrected chi connectivity index (χ1v) is 10.3. The first kappa shape index (κ1) is 21.8. The molecule has 2 saturated heterocycles. The van der Waals surface area contributed by atoms with E-state index >= 15 is 0 Å². The Kier molecular flexibility index (Phi) is 6.14. The Labute approximate surface area is 185 Å². The molecular weight excluding hydrogens is 417 g/mol. The number of aliphatic hydroxyl groups is 1. The maximum Gasteiger partial charge on any atom is 0.295 e. The van der Waals surface area contributed by atoms with Crippen LogP contribution in [-0.2, 0) is 14.3 Å². The summed E-state index contributed by atoms with van der Waals surface area (Å²) in [7, 11) is 2.99. The fraction of sp³-hybridized carbons (Fsp3) is 0.333. The van der Waals surface area contributed by atoms with Crippen LogP contribution in [0.25, 0.3) is 5.76 Å². The summed E-state index contributed by atoms with van der Waals surface area (Å²) in [6.07, 6.45) is 1.43. The Bertz CT molecular complexity index is 1060. The molecule has 0 aliphatic carbocycles. The van der Waals surface area contributed by atoms with Crippen molar-refractivity contribution in [1.82, 2.24) is 4.90 Å². The number of ether oxygens (including phenoxy) is 3. The van der Waals surface area contributed by atoms with Crippen molar-refractivity contribution < 1.29 is 33.3 Å². The molecule has 1 N–H and O–H groups in total. The first-order valence-electron chi connectivity index (χ1n) is 10.3. The number of nitrogens with zero attached hydrogens (tertiary/aromatic N) is 1. The smallest absolute Gasteiger partial charge is 0.295 e. The van der Waals surface area contributed by atoms with Crippen molar-refractivity contribution >= 4 is 17.4 Å². The van der Waals surface area contributed by atoms with E-state index in [-0.39, 0.29) is 29.5 Å². The van der Waals surface area contributed by atoms with Crippen molar-refractivity contribution in [3.05, 3.63) is 65.0 Å². The molecule has 0 unspecified atom stereocenters. The topological polar surface area (TPSA) is 85.3 Å². The lowest BCUT2D eigenvalue weighted by Gasteiger charge is -2.28. The van der Waals surface area contributed by atoms with Gasteiger partial charge in [0.25, 0.3) is 11.7 Å². The van der Waals surface area contributed by atoms with Crippen molar-refractivity contribution in [1.29, 1.82) is 0 Å². The van der Waals surface area contributed by atoms with E-state index < -0.39 is 23.5 Å². The molecule has 168 valence electrons. The van der Waals surface area contributed by atoms with Gasteiger partial charge in [-0.25, -0.2) is 4.39 Å². The molecule has 2 aliphatic rings. The molecule has 2 fully saturated rings. The largest absolute Gasteiger partial charge is 0.507 e. The normalized spacial score (nSPS) is 22.4. The second kappa shape index (κ2) is 9.00. The lowest BCUT2D eigenvalue weighted by Crippen LogP contribution is -2.36. The van der Waals surface area contributed by atoms with Gasteiger partial charge in [0.05, 0.1) is 31.9 Å². The molecule has 2 aliphatic heterocycles. The number of hydrogen-bond acceptors (Lipinski definition) is 6. The maximum absolute atomic E-state index is 13.4. The molecule has 0 saturated carbocycles. The predicted octanol–water partition coefficient (Wildman–Crippen LogP) is 3.44. The van der Waals surface area contributed by atoms with E-state index in [9.17, 15) is 19.1 Å². The van der Waals surface area contributed by atoms with Gasteiger partial charge in [-0.2, -0.15) is 0 Å². The number of ketones is 1. The Morgan fingerprint density at radius 1 is 1.16 bits per heavy atom. The van der Waals surface area contributed by atoms with Gasteiger partial charge in [0.1, 0.15) is 23.1 Å². The van der Waals surface area contributed by atoms with E-state index in [1.165, 1.54) is 43.4 Å². The number of amides is 1. The Morgan fingerprint density at radius 2 is 1.91 bits per heavy atom. The number of carbonyl (C=O) groups excluding carboxylic acids is 2. The number of methoxy groups -OCH3 is 2. The lowest BCUT2D eigenvalue weighted by atomic mass is 9.94. The van der Waals surface area contributed by atoms with Crippen LogP contribution in [0.15, 0.2) is 48.0 Å². The van der Waals surface area contributed by atoms with E-state index in [2.05, 4.69) is 0 Å². The van der Waals surface area contributed by atoms with Crippen LogP contribution in [0.4, 0.5) is 4.39 Å². The number of carbonyl (C=O) groups is 2. The fourth-order valence-corrected chi connectivity index (χ4v) is 4.22. The van der Waals surface area contributed by atoms with E-state index in [4.69, 9.17) is 14.2 Å². The second-order valence-electron chi connectivity index (χ2n) is 7.70. The monoisotopic (exact) mass is 441 g/mol. The first-order chi connectivity index (χ1) is 15.4. The number of halogens is 1.